The number of amides is 1. The summed E-state index contributed by atoms with van der Waals surface area (Å²) >= 11 is 1.83. The second-order valence-corrected chi connectivity index (χ2v) is 7.45. The Morgan fingerprint density at radius 3 is 3.15 bits per heavy atom. The zero-order valence-electron chi connectivity index (χ0n) is 11.8. The fraction of sp³-hybridized carbons (Fsp3) is 0.688. The number of thiophene rings is 1. The summed E-state index contributed by atoms with van der Waals surface area (Å²) in [6.45, 7) is 3.03. The van der Waals surface area contributed by atoms with Crippen molar-refractivity contribution in [3.63, 3.8) is 0 Å². The van der Waals surface area contributed by atoms with Crippen LogP contribution in [0.5, 0.6) is 0 Å². The molecule has 3 heterocycles. The smallest absolute Gasteiger partial charge is 0.230 e. The number of rotatable bonds is 1. The number of likely N-dealkylation sites (tertiary alicyclic amines) is 1. The van der Waals surface area contributed by atoms with Crippen molar-refractivity contribution < 1.29 is 4.79 Å². The quantitative estimate of drug-likeness (QED) is 0.861. The van der Waals surface area contributed by atoms with Crippen LogP contribution in [0.4, 0.5) is 0 Å². The van der Waals surface area contributed by atoms with Gasteiger partial charge in [-0.25, -0.2) is 0 Å². The van der Waals surface area contributed by atoms with E-state index in [0.29, 0.717) is 17.9 Å². The molecule has 0 aromatic carbocycles. The summed E-state index contributed by atoms with van der Waals surface area (Å²) in [6.07, 6.45) is 5.94. The van der Waals surface area contributed by atoms with Crippen LogP contribution in [0, 0.1) is 5.92 Å². The molecule has 2 fully saturated rings. The Labute approximate surface area is 124 Å². The van der Waals surface area contributed by atoms with Crippen molar-refractivity contribution in [2.45, 2.75) is 44.1 Å². The molecule has 2 aliphatic heterocycles. The van der Waals surface area contributed by atoms with Gasteiger partial charge in [0, 0.05) is 24.0 Å². The lowest BCUT2D eigenvalue weighted by Gasteiger charge is -2.26. The van der Waals surface area contributed by atoms with Crippen LogP contribution in [-0.4, -0.2) is 36.5 Å². The molecule has 4 heteroatoms. The van der Waals surface area contributed by atoms with Gasteiger partial charge in [-0.1, -0.05) is 0 Å². The predicted octanol–water partition coefficient (Wildman–Crippen LogP) is 2.38. The van der Waals surface area contributed by atoms with Gasteiger partial charge in [0.05, 0.1) is 5.92 Å². The molecule has 1 N–H and O–H groups in total. The highest BCUT2D eigenvalue weighted by molar-refractivity contribution is 7.10. The number of fused-ring (bicyclic) bond motifs is 2. The van der Waals surface area contributed by atoms with E-state index >= 15 is 0 Å². The SMILES string of the molecule is O=C(C1CCCc2sccc21)N1C[C@@H]2CCCN[C@@H]2C1. The molecule has 0 bridgehead atoms. The Kier molecular flexibility index (Phi) is 3.31. The van der Waals surface area contributed by atoms with Gasteiger partial charge >= 0.3 is 0 Å². The lowest BCUT2D eigenvalue weighted by Crippen LogP contribution is -2.41. The third kappa shape index (κ3) is 2.09. The van der Waals surface area contributed by atoms with E-state index in [0.717, 1.165) is 26.1 Å². The largest absolute Gasteiger partial charge is 0.340 e. The number of hydrogen-bond donors (Lipinski definition) is 1. The van der Waals surface area contributed by atoms with Gasteiger partial charge in [-0.2, -0.15) is 0 Å². The van der Waals surface area contributed by atoms with Crippen LogP contribution in [0.3, 0.4) is 0 Å². The maximum absolute atomic E-state index is 12.9. The maximum Gasteiger partial charge on any atom is 0.230 e. The van der Waals surface area contributed by atoms with Gasteiger partial charge in [-0.15, -0.1) is 11.3 Å². The van der Waals surface area contributed by atoms with E-state index in [9.17, 15) is 4.79 Å². The molecule has 1 aliphatic carbocycles. The Morgan fingerprint density at radius 2 is 2.25 bits per heavy atom. The Hall–Kier alpha value is -0.870. The number of nitrogens with zero attached hydrogens (tertiary/aromatic N) is 1. The molecule has 3 nitrogen and oxygen atoms in total. The highest BCUT2D eigenvalue weighted by atomic mass is 32.1. The minimum Gasteiger partial charge on any atom is -0.340 e. The molecule has 4 rings (SSSR count). The normalized spacial score (nSPS) is 32.8. The molecule has 3 aliphatic rings. The molecule has 1 unspecified atom stereocenters. The Balaban J connectivity index is 1.51. The minimum atomic E-state index is 0.144. The van der Waals surface area contributed by atoms with Crippen molar-refractivity contribution in [1.82, 2.24) is 10.2 Å². The zero-order valence-corrected chi connectivity index (χ0v) is 12.6. The number of carbonyl (C=O) groups is 1. The van der Waals surface area contributed by atoms with E-state index in [4.69, 9.17) is 0 Å². The number of carbonyl (C=O) groups excluding carboxylic acids is 1. The molecule has 1 amide bonds. The van der Waals surface area contributed by atoms with Crippen LogP contribution in [0.25, 0.3) is 0 Å². The van der Waals surface area contributed by atoms with Crippen LogP contribution >= 0.6 is 11.3 Å². The van der Waals surface area contributed by atoms with Crippen LogP contribution in [0.1, 0.15) is 42.0 Å². The van der Waals surface area contributed by atoms with Crippen molar-refractivity contribution in [3.8, 4) is 0 Å². The summed E-state index contributed by atoms with van der Waals surface area (Å²) in [5, 5.41) is 5.75. The summed E-state index contributed by atoms with van der Waals surface area (Å²) < 4.78 is 0. The number of hydrogen-bond acceptors (Lipinski definition) is 3. The van der Waals surface area contributed by atoms with Crippen LogP contribution < -0.4 is 5.32 Å². The van der Waals surface area contributed by atoms with E-state index in [1.54, 1.807) is 0 Å². The minimum absolute atomic E-state index is 0.144. The van der Waals surface area contributed by atoms with Gasteiger partial charge in [-0.3, -0.25) is 4.79 Å². The van der Waals surface area contributed by atoms with Gasteiger partial charge in [0.15, 0.2) is 0 Å². The van der Waals surface area contributed by atoms with Gasteiger partial charge in [-0.05, 0) is 61.6 Å². The van der Waals surface area contributed by atoms with Crippen LogP contribution in [0.15, 0.2) is 11.4 Å². The third-order valence-corrected chi connectivity index (χ3v) is 6.26. The van der Waals surface area contributed by atoms with Crippen molar-refractivity contribution in [1.29, 1.82) is 0 Å². The molecule has 108 valence electrons. The number of nitrogens with one attached hydrogen (secondary N) is 1. The average Bonchev–Trinajstić information content (AvgIpc) is 3.12. The third-order valence-electron chi connectivity index (χ3n) is 5.26. The van der Waals surface area contributed by atoms with Crippen molar-refractivity contribution in [2.75, 3.05) is 19.6 Å². The van der Waals surface area contributed by atoms with Crippen LogP contribution in [-0.2, 0) is 11.2 Å². The fourth-order valence-corrected chi connectivity index (χ4v) is 5.18. The van der Waals surface area contributed by atoms with Crippen molar-refractivity contribution in [2.24, 2.45) is 5.92 Å². The number of piperidine rings is 1. The van der Waals surface area contributed by atoms with E-state index < -0.39 is 0 Å². The first kappa shape index (κ1) is 12.8. The average molecular weight is 290 g/mol. The Bertz CT molecular complexity index is 498. The molecule has 2 saturated heterocycles. The Morgan fingerprint density at radius 1 is 1.30 bits per heavy atom. The molecule has 0 saturated carbocycles. The van der Waals surface area contributed by atoms with Gasteiger partial charge in [0.1, 0.15) is 0 Å². The molecule has 20 heavy (non-hydrogen) atoms. The lowest BCUT2D eigenvalue weighted by atomic mass is 9.87. The highest BCUT2D eigenvalue weighted by Gasteiger charge is 2.39. The topological polar surface area (TPSA) is 32.3 Å². The van der Waals surface area contributed by atoms with Gasteiger partial charge in [0.25, 0.3) is 0 Å². The summed E-state index contributed by atoms with van der Waals surface area (Å²) in [5.41, 5.74) is 1.33. The first-order valence-corrected chi connectivity index (χ1v) is 8.79. The summed E-state index contributed by atoms with van der Waals surface area (Å²) in [4.78, 5) is 16.5. The van der Waals surface area contributed by atoms with Crippen molar-refractivity contribution in [3.05, 3.63) is 21.9 Å². The molecular formula is C16H22N2OS. The van der Waals surface area contributed by atoms with Gasteiger partial charge < -0.3 is 10.2 Å². The lowest BCUT2D eigenvalue weighted by molar-refractivity contribution is -0.132. The first-order valence-electron chi connectivity index (χ1n) is 7.91. The second-order valence-electron chi connectivity index (χ2n) is 6.45. The molecule has 0 spiro atoms. The number of aryl methyl sites for hydroxylation is 1. The molecular weight excluding hydrogens is 268 g/mol. The standard InChI is InChI=1S/C16H22N2OS/c19-16(13-4-1-5-15-12(13)6-8-20-15)18-9-11-3-2-7-17-14(11)10-18/h6,8,11,13-14,17H,1-5,7,9-10H2/t11-,13?,14+/m0/s1. The monoisotopic (exact) mass is 290 g/mol. The fourth-order valence-electron chi connectivity index (χ4n) is 4.19. The van der Waals surface area contributed by atoms with E-state index in [1.807, 2.05) is 11.3 Å². The van der Waals surface area contributed by atoms with E-state index in [1.165, 1.54) is 36.1 Å². The first-order chi connectivity index (χ1) is 9.83. The molecule has 1 aromatic rings. The van der Waals surface area contributed by atoms with Crippen LogP contribution in [0.2, 0.25) is 0 Å². The van der Waals surface area contributed by atoms with Gasteiger partial charge in [0.2, 0.25) is 5.91 Å². The molecule has 3 atom stereocenters. The summed E-state index contributed by atoms with van der Waals surface area (Å²) in [6, 6.07) is 2.74. The molecule has 1 aromatic heterocycles. The predicted molar refractivity (Wildman–Crippen MR) is 81.1 cm³/mol. The van der Waals surface area contributed by atoms with Crippen molar-refractivity contribution >= 4 is 17.2 Å². The highest BCUT2D eigenvalue weighted by Crippen LogP contribution is 2.37. The summed E-state index contributed by atoms with van der Waals surface area (Å²) in [5.74, 6) is 1.23. The maximum atomic E-state index is 12.9. The summed E-state index contributed by atoms with van der Waals surface area (Å²) in [7, 11) is 0. The molecule has 0 radical (unpaired) electrons. The van der Waals surface area contributed by atoms with E-state index in [-0.39, 0.29) is 5.92 Å². The zero-order chi connectivity index (χ0) is 13.5. The second kappa shape index (κ2) is 5.15. The van der Waals surface area contributed by atoms with E-state index in [2.05, 4.69) is 21.7 Å².